The third-order valence-electron chi connectivity index (χ3n) is 4.72. The lowest BCUT2D eigenvalue weighted by Gasteiger charge is -2.31. The smallest absolute Gasteiger partial charge is 0.229 e. The summed E-state index contributed by atoms with van der Waals surface area (Å²) < 4.78 is 0. The van der Waals surface area contributed by atoms with Gasteiger partial charge in [-0.3, -0.25) is 4.79 Å². The first kappa shape index (κ1) is 19.3. The van der Waals surface area contributed by atoms with Crippen LogP contribution < -0.4 is 15.6 Å². The zero-order chi connectivity index (χ0) is 19.3. The molecular formula is C24H26OSi2. The van der Waals surface area contributed by atoms with Crippen LogP contribution in [0, 0.1) is 0 Å². The second kappa shape index (κ2) is 8.03. The van der Waals surface area contributed by atoms with Crippen molar-refractivity contribution in [2.75, 3.05) is 0 Å². The molecule has 0 amide bonds. The zero-order valence-electron chi connectivity index (χ0n) is 16.2. The van der Waals surface area contributed by atoms with Crippen LogP contribution in [0.15, 0.2) is 103 Å². The van der Waals surface area contributed by atoms with Crippen molar-refractivity contribution >= 4 is 37.1 Å². The maximum atomic E-state index is 13.9. The summed E-state index contributed by atoms with van der Waals surface area (Å²) >= 11 is 0. The maximum Gasteiger partial charge on any atom is 0.229 e. The second-order valence-corrected chi connectivity index (χ2v) is 16.7. The largest absolute Gasteiger partial charge is 0.299 e. The summed E-state index contributed by atoms with van der Waals surface area (Å²) in [6.45, 7) is 6.77. The van der Waals surface area contributed by atoms with Crippen molar-refractivity contribution in [2.45, 2.75) is 19.6 Å². The fourth-order valence-electron chi connectivity index (χ4n) is 3.44. The molecule has 0 spiro atoms. The Morgan fingerprint density at radius 2 is 0.963 bits per heavy atom. The van der Waals surface area contributed by atoms with Gasteiger partial charge in [-0.05, 0) is 21.6 Å². The molecule has 0 fully saturated rings. The molecule has 0 aliphatic heterocycles. The van der Waals surface area contributed by atoms with Gasteiger partial charge in [-0.1, -0.05) is 116 Å². The van der Waals surface area contributed by atoms with Gasteiger partial charge < -0.3 is 0 Å². The standard InChI is InChI=1S/C24H26OSi2/c1-26(2,3)20-19-24(25)27(21-13-7-4-8-14-21,22-15-9-5-10-16-22)23-17-11-6-12-18-23/h4-20H,1-3H3/b20-19+. The van der Waals surface area contributed by atoms with E-state index in [9.17, 15) is 4.79 Å². The minimum Gasteiger partial charge on any atom is -0.299 e. The van der Waals surface area contributed by atoms with Crippen LogP contribution in [0.2, 0.25) is 19.6 Å². The number of carbonyl (C=O) groups is 1. The summed E-state index contributed by atoms with van der Waals surface area (Å²) in [4.78, 5) is 13.9. The van der Waals surface area contributed by atoms with E-state index >= 15 is 0 Å². The number of allylic oxidation sites excluding steroid dienone is 1. The predicted octanol–water partition coefficient (Wildman–Crippen LogP) is 3.70. The first-order valence-corrected chi connectivity index (χ1v) is 14.9. The Balaban J connectivity index is 2.33. The van der Waals surface area contributed by atoms with Crippen LogP contribution in [0.1, 0.15) is 0 Å². The van der Waals surface area contributed by atoms with E-state index < -0.39 is 16.1 Å². The first-order chi connectivity index (χ1) is 12.9. The molecule has 0 aliphatic rings. The molecule has 3 rings (SSSR count). The Bertz CT molecular complexity index is 814. The highest BCUT2D eigenvalue weighted by Gasteiger charge is 2.45. The van der Waals surface area contributed by atoms with E-state index in [-0.39, 0.29) is 5.41 Å². The van der Waals surface area contributed by atoms with Crippen molar-refractivity contribution in [3.63, 3.8) is 0 Å². The van der Waals surface area contributed by atoms with Crippen molar-refractivity contribution in [3.05, 3.63) is 103 Å². The molecule has 0 aliphatic carbocycles. The molecule has 27 heavy (non-hydrogen) atoms. The first-order valence-electron chi connectivity index (χ1n) is 9.35. The fraction of sp³-hybridized carbons (Fsp3) is 0.125. The molecule has 0 N–H and O–H groups in total. The summed E-state index contributed by atoms with van der Waals surface area (Å²) in [5, 5.41) is 3.64. The average Bonchev–Trinajstić information content (AvgIpc) is 2.69. The molecule has 0 radical (unpaired) electrons. The fourth-order valence-corrected chi connectivity index (χ4v) is 8.52. The summed E-state index contributed by atoms with van der Waals surface area (Å²) in [6.07, 6.45) is 1.88. The van der Waals surface area contributed by atoms with E-state index in [1.165, 1.54) is 0 Å². The number of benzene rings is 3. The van der Waals surface area contributed by atoms with Gasteiger partial charge in [0.25, 0.3) is 0 Å². The quantitative estimate of drug-likeness (QED) is 0.359. The van der Waals surface area contributed by atoms with Crippen molar-refractivity contribution in [3.8, 4) is 0 Å². The minimum atomic E-state index is -2.83. The number of carbonyl (C=O) groups excluding carboxylic acids is 1. The van der Waals surface area contributed by atoms with Crippen LogP contribution in [0.4, 0.5) is 0 Å². The van der Waals surface area contributed by atoms with Gasteiger partial charge in [0.05, 0.1) is 8.07 Å². The molecule has 136 valence electrons. The van der Waals surface area contributed by atoms with Gasteiger partial charge in [0, 0.05) is 0 Å². The highest BCUT2D eigenvalue weighted by Crippen LogP contribution is 2.12. The van der Waals surface area contributed by atoms with E-state index in [2.05, 4.69) is 61.7 Å². The van der Waals surface area contributed by atoms with Crippen LogP contribution in [-0.2, 0) is 4.79 Å². The predicted molar refractivity (Wildman–Crippen MR) is 121 cm³/mol. The Morgan fingerprint density at radius 1 is 0.630 bits per heavy atom. The molecular weight excluding hydrogens is 360 g/mol. The SMILES string of the molecule is C[Si](C)(C)/C=C/C(=O)[Si](c1ccccc1)(c1ccccc1)c1ccccc1. The monoisotopic (exact) mass is 386 g/mol. The molecule has 0 unspecified atom stereocenters. The van der Waals surface area contributed by atoms with Gasteiger partial charge in [-0.25, -0.2) is 0 Å². The lowest BCUT2D eigenvalue weighted by atomic mass is 10.3. The van der Waals surface area contributed by atoms with Crippen LogP contribution in [0.3, 0.4) is 0 Å². The van der Waals surface area contributed by atoms with Crippen LogP contribution in [-0.4, -0.2) is 21.6 Å². The lowest BCUT2D eigenvalue weighted by molar-refractivity contribution is -0.108. The summed E-state index contributed by atoms with van der Waals surface area (Å²) in [5.74, 6) is 0. The molecule has 0 bridgehead atoms. The molecule has 3 heteroatoms. The second-order valence-electron chi connectivity index (χ2n) is 7.91. The Kier molecular flexibility index (Phi) is 5.73. The van der Waals surface area contributed by atoms with Crippen molar-refractivity contribution in [1.29, 1.82) is 0 Å². The van der Waals surface area contributed by atoms with Crippen molar-refractivity contribution in [2.24, 2.45) is 0 Å². The van der Waals surface area contributed by atoms with E-state index in [4.69, 9.17) is 0 Å². The minimum absolute atomic E-state index is 0.244. The average molecular weight is 387 g/mol. The Labute approximate surface area is 164 Å². The third kappa shape index (κ3) is 4.10. The van der Waals surface area contributed by atoms with Crippen molar-refractivity contribution in [1.82, 2.24) is 0 Å². The molecule has 1 nitrogen and oxygen atoms in total. The summed E-state index contributed by atoms with van der Waals surface area (Å²) in [5.41, 5.74) is 2.17. The molecule has 0 aromatic heterocycles. The molecule has 0 heterocycles. The van der Waals surface area contributed by atoms with Crippen LogP contribution >= 0.6 is 0 Å². The van der Waals surface area contributed by atoms with Crippen LogP contribution in [0.5, 0.6) is 0 Å². The Morgan fingerprint density at radius 3 is 1.26 bits per heavy atom. The summed E-state index contributed by atoms with van der Waals surface area (Å²) in [6, 6.07) is 31.0. The van der Waals surface area contributed by atoms with E-state index in [0.29, 0.717) is 0 Å². The molecule has 0 atom stereocenters. The van der Waals surface area contributed by atoms with Gasteiger partial charge in [-0.15, -0.1) is 0 Å². The van der Waals surface area contributed by atoms with Gasteiger partial charge >= 0.3 is 0 Å². The van der Waals surface area contributed by atoms with E-state index in [1.807, 2.05) is 60.7 Å². The maximum absolute atomic E-state index is 13.9. The highest BCUT2D eigenvalue weighted by molar-refractivity contribution is 7.30. The Hall–Kier alpha value is -2.50. The zero-order valence-corrected chi connectivity index (χ0v) is 18.2. The van der Waals surface area contributed by atoms with E-state index in [1.54, 1.807) is 0 Å². The normalized spacial score (nSPS) is 12.3. The third-order valence-corrected chi connectivity index (χ3v) is 10.4. The summed E-state index contributed by atoms with van der Waals surface area (Å²) in [7, 11) is -4.31. The van der Waals surface area contributed by atoms with Gasteiger partial charge in [0.2, 0.25) is 8.07 Å². The molecule has 3 aromatic carbocycles. The highest BCUT2D eigenvalue weighted by atomic mass is 28.3. The van der Waals surface area contributed by atoms with Gasteiger partial charge in [-0.2, -0.15) is 0 Å². The molecule has 0 saturated carbocycles. The lowest BCUT2D eigenvalue weighted by Crippen LogP contribution is -2.72. The number of hydrogen-bond acceptors (Lipinski definition) is 1. The molecule has 3 aromatic rings. The number of rotatable bonds is 6. The van der Waals surface area contributed by atoms with Gasteiger partial charge in [0.15, 0.2) is 0 Å². The van der Waals surface area contributed by atoms with Crippen molar-refractivity contribution < 1.29 is 4.79 Å². The van der Waals surface area contributed by atoms with Crippen LogP contribution in [0.25, 0.3) is 0 Å². The molecule has 0 saturated heterocycles. The topological polar surface area (TPSA) is 17.1 Å². The number of hydrogen-bond donors (Lipinski definition) is 0. The van der Waals surface area contributed by atoms with E-state index in [0.717, 1.165) is 15.6 Å². The van der Waals surface area contributed by atoms with Gasteiger partial charge in [0.1, 0.15) is 5.41 Å².